The number of rotatable bonds is 3. The Bertz CT molecular complexity index is 1490. The monoisotopic (exact) mass is 692 g/mol. The van der Waals surface area contributed by atoms with Crippen molar-refractivity contribution < 1.29 is 51.0 Å². The molecule has 1 atom stereocenters. The van der Waals surface area contributed by atoms with Crippen LogP contribution >= 0.6 is 0 Å². The maximum Gasteiger partial charge on any atom is 2.00 e. The van der Waals surface area contributed by atoms with Crippen molar-refractivity contribution in [1.29, 1.82) is 0 Å². The second kappa shape index (κ2) is 12.7. The summed E-state index contributed by atoms with van der Waals surface area (Å²) in [6.07, 6.45) is 6.20. The Hall–Kier alpha value is -1.18. The van der Waals surface area contributed by atoms with Gasteiger partial charge in [0, 0.05) is 5.54 Å². The van der Waals surface area contributed by atoms with E-state index >= 15 is 0 Å². The van der Waals surface area contributed by atoms with E-state index in [4.69, 9.17) is 0 Å². The molecule has 3 aromatic rings. The molecule has 0 heterocycles. The normalized spacial score (nSPS) is 16.3. The molecule has 3 aromatic carbocycles. The SMILES string of the molecule is CC(C)(C)C1=CCC([Si](C)(C)C2c3cc(C(C)(C)C)ccc3-c3c(-c4ccccc4)cc(C(C)(C)C)cc32)=C1.[Cl-].[Cl-].[Zr+2]. The number of halogens is 2. The van der Waals surface area contributed by atoms with Gasteiger partial charge in [-0.1, -0.05) is 147 Å². The predicted octanol–water partition coefficient (Wildman–Crippen LogP) is 5.16. The van der Waals surface area contributed by atoms with Gasteiger partial charge in [-0.2, -0.15) is 0 Å². The molecule has 2 aliphatic rings. The maximum absolute atomic E-state index is 2.64. The van der Waals surface area contributed by atoms with Crippen molar-refractivity contribution in [2.45, 2.75) is 98.2 Å². The molecule has 0 saturated carbocycles. The number of hydrogen-bond donors (Lipinski definition) is 0. The average molecular weight is 695 g/mol. The van der Waals surface area contributed by atoms with Crippen LogP contribution in [0.4, 0.5) is 0 Å². The van der Waals surface area contributed by atoms with Crippen molar-refractivity contribution in [3.63, 3.8) is 0 Å². The van der Waals surface area contributed by atoms with Crippen LogP contribution in [0.25, 0.3) is 22.3 Å². The molecule has 222 valence electrons. The van der Waals surface area contributed by atoms with Crippen molar-refractivity contribution in [3.05, 3.63) is 106 Å². The average Bonchev–Trinajstić information content (AvgIpc) is 3.47. The minimum atomic E-state index is -1.94. The molecule has 0 radical (unpaired) electrons. The third kappa shape index (κ3) is 6.73. The van der Waals surface area contributed by atoms with Gasteiger partial charge in [-0.25, -0.2) is 0 Å². The van der Waals surface area contributed by atoms with Gasteiger partial charge < -0.3 is 24.8 Å². The van der Waals surface area contributed by atoms with Crippen LogP contribution in [-0.4, -0.2) is 8.07 Å². The summed E-state index contributed by atoms with van der Waals surface area (Å²) in [5.41, 5.74) is 14.0. The van der Waals surface area contributed by atoms with E-state index < -0.39 is 8.07 Å². The van der Waals surface area contributed by atoms with Crippen LogP contribution in [0.1, 0.15) is 96.5 Å². The van der Waals surface area contributed by atoms with Crippen molar-refractivity contribution in [2.75, 3.05) is 0 Å². The Kier molecular flexibility index (Phi) is 11.2. The molecule has 0 bridgehead atoms. The fraction of sp³-hybridized carbons (Fsp3) is 0.421. The van der Waals surface area contributed by atoms with Gasteiger partial charge in [-0.05, 0) is 78.8 Å². The molecular formula is C38H48Cl2SiZr. The van der Waals surface area contributed by atoms with Gasteiger partial charge >= 0.3 is 26.2 Å². The van der Waals surface area contributed by atoms with Gasteiger partial charge in [0.25, 0.3) is 0 Å². The zero-order valence-corrected chi connectivity index (χ0v) is 32.4. The van der Waals surface area contributed by atoms with Crippen LogP contribution in [0.15, 0.2) is 83.6 Å². The summed E-state index contributed by atoms with van der Waals surface area (Å²) in [7, 11) is -1.94. The van der Waals surface area contributed by atoms with Crippen LogP contribution in [-0.2, 0) is 37.0 Å². The Morgan fingerprint density at radius 3 is 1.74 bits per heavy atom. The molecule has 0 spiro atoms. The Morgan fingerprint density at radius 1 is 0.643 bits per heavy atom. The first-order valence-electron chi connectivity index (χ1n) is 14.8. The van der Waals surface area contributed by atoms with Crippen LogP contribution < -0.4 is 24.8 Å². The summed E-state index contributed by atoms with van der Waals surface area (Å²) in [4.78, 5) is 0. The van der Waals surface area contributed by atoms with Crippen LogP contribution in [0, 0.1) is 5.41 Å². The first kappa shape index (κ1) is 37.0. The van der Waals surface area contributed by atoms with Gasteiger partial charge in [0.05, 0.1) is 8.07 Å². The van der Waals surface area contributed by atoms with Gasteiger partial charge in [-0.3, -0.25) is 0 Å². The largest absolute Gasteiger partial charge is 2.00 e. The molecule has 4 heteroatoms. The van der Waals surface area contributed by atoms with Crippen molar-refractivity contribution in [3.8, 4) is 22.3 Å². The van der Waals surface area contributed by atoms with Crippen LogP contribution in [0.5, 0.6) is 0 Å². The molecule has 0 fully saturated rings. The molecule has 2 aliphatic carbocycles. The molecule has 0 nitrogen and oxygen atoms in total. The molecule has 0 aromatic heterocycles. The summed E-state index contributed by atoms with van der Waals surface area (Å²) < 4.78 is 0. The summed E-state index contributed by atoms with van der Waals surface area (Å²) in [6, 6.07) is 23.6. The number of benzene rings is 3. The Morgan fingerprint density at radius 2 is 1.21 bits per heavy atom. The second-order valence-corrected chi connectivity index (χ2v) is 20.3. The Balaban J connectivity index is 0.00000205. The number of hydrogen-bond acceptors (Lipinski definition) is 0. The quantitative estimate of drug-likeness (QED) is 0.333. The molecule has 0 amide bonds. The van der Waals surface area contributed by atoms with Crippen molar-refractivity contribution in [1.82, 2.24) is 0 Å². The van der Waals surface area contributed by atoms with Crippen molar-refractivity contribution >= 4 is 8.07 Å². The van der Waals surface area contributed by atoms with E-state index in [1.54, 1.807) is 16.3 Å². The summed E-state index contributed by atoms with van der Waals surface area (Å²) >= 11 is 0. The number of allylic oxidation sites excluding steroid dienone is 4. The molecule has 5 rings (SSSR count). The number of fused-ring (bicyclic) bond motifs is 3. The Labute approximate surface area is 288 Å². The third-order valence-electron chi connectivity index (χ3n) is 9.22. The van der Waals surface area contributed by atoms with E-state index in [-0.39, 0.29) is 67.3 Å². The van der Waals surface area contributed by atoms with Gasteiger partial charge in [-0.15, -0.1) is 0 Å². The van der Waals surface area contributed by atoms with Gasteiger partial charge in [0.2, 0.25) is 0 Å². The maximum atomic E-state index is 2.64. The molecule has 0 aliphatic heterocycles. The van der Waals surface area contributed by atoms with E-state index in [0.717, 1.165) is 6.42 Å². The predicted molar refractivity (Wildman–Crippen MR) is 174 cm³/mol. The van der Waals surface area contributed by atoms with E-state index in [1.807, 2.05) is 0 Å². The molecular weight excluding hydrogens is 647 g/mol. The van der Waals surface area contributed by atoms with E-state index in [1.165, 1.54) is 39.0 Å². The zero-order chi connectivity index (χ0) is 28.5. The first-order chi connectivity index (χ1) is 18.0. The standard InChI is InChI=1S/C38H48Si.2ClH.Zr/c1-36(2,3)26-17-19-29(21-26)39(10,11)35-32-22-27(37(4,5)6)18-20-30(32)34-31(25-15-13-12-14-16-25)23-28(24-33(34)35)38(7,8)9;;;/h12-18,20-24,35H,19H2,1-11H3;2*1H;/q;;;+2/p-2. The summed E-state index contributed by atoms with van der Waals surface area (Å²) in [6.45, 7) is 26.5. The first-order valence-corrected chi connectivity index (χ1v) is 17.9. The minimum Gasteiger partial charge on any atom is -1.00 e. The van der Waals surface area contributed by atoms with Crippen molar-refractivity contribution in [2.24, 2.45) is 5.41 Å². The molecule has 42 heavy (non-hydrogen) atoms. The van der Waals surface area contributed by atoms with E-state index in [2.05, 4.69) is 148 Å². The van der Waals surface area contributed by atoms with E-state index in [0.29, 0.717) is 5.54 Å². The second-order valence-electron chi connectivity index (χ2n) is 15.6. The smallest absolute Gasteiger partial charge is 1.00 e. The molecule has 0 saturated heterocycles. The minimum absolute atomic E-state index is 0. The summed E-state index contributed by atoms with van der Waals surface area (Å²) in [5, 5.41) is 1.69. The molecule has 1 unspecified atom stereocenters. The molecule has 0 N–H and O–H groups in total. The van der Waals surface area contributed by atoms with Crippen LogP contribution in [0.2, 0.25) is 13.1 Å². The van der Waals surface area contributed by atoms with E-state index in [9.17, 15) is 0 Å². The van der Waals surface area contributed by atoms with Gasteiger partial charge in [0.1, 0.15) is 0 Å². The topological polar surface area (TPSA) is 0 Å². The zero-order valence-electron chi connectivity index (χ0n) is 27.5. The fourth-order valence-electron chi connectivity index (χ4n) is 6.59. The third-order valence-corrected chi connectivity index (χ3v) is 13.3. The fourth-order valence-corrected chi connectivity index (χ4v) is 10.1. The van der Waals surface area contributed by atoms with Gasteiger partial charge in [0.15, 0.2) is 0 Å². The summed E-state index contributed by atoms with van der Waals surface area (Å²) in [5.74, 6) is 0. The van der Waals surface area contributed by atoms with Crippen LogP contribution in [0.3, 0.4) is 0 Å².